The van der Waals surface area contributed by atoms with Crippen molar-refractivity contribution >= 4 is 11.9 Å². The molecule has 0 N–H and O–H groups in total. The summed E-state index contributed by atoms with van der Waals surface area (Å²) in [6.07, 6.45) is 6.24. The highest BCUT2D eigenvalue weighted by Gasteiger charge is 2.34. The average Bonchev–Trinajstić information content (AvgIpc) is 2.47. The van der Waals surface area contributed by atoms with E-state index < -0.39 is 0 Å². The number of ketones is 1. The Bertz CT molecular complexity index is 487. The number of hydrogen-bond acceptors (Lipinski definition) is 2. The highest BCUT2D eigenvalue weighted by molar-refractivity contribution is 6.03. The first-order valence-electron chi connectivity index (χ1n) is 7.28. The first kappa shape index (κ1) is 14.7. The maximum atomic E-state index is 12.6. The quantitative estimate of drug-likeness (QED) is 0.596. The highest BCUT2D eigenvalue weighted by atomic mass is 16.5. The molecular formula is C18H22O2. The van der Waals surface area contributed by atoms with Gasteiger partial charge in [-0.3, -0.25) is 4.79 Å². The van der Waals surface area contributed by atoms with Crippen molar-refractivity contribution in [1.29, 1.82) is 0 Å². The molecule has 2 rings (SSSR count). The summed E-state index contributed by atoms with van der Waals surface area (Å²) in [7, 11) is 0. The molecule has 1 aliphatic carbocycles. The fraction of sp³-hybridized carbons (Fsp3) is 0.389. The number of carbonyl (C=O) groups is 1. The van der Waals surface area contributed by atoms with Crippen molar-refractivity contribution in [3.63, 3.8) is 0 Å². The van der Waals surface area contributed by atoms with E-state index in [1.165, 1.54) is 0 Å². The molecule has 0 bridgehead atoms. The Labute approximate surface area is 121 Å². The van der Waals surface area contributed by atoms with E-state index in [9.17, 15) is 4.79 Å². The van der Waals surface area contributed by atoms with Gasteiger partial charge in [-0.25, -0.2) is 0 Å². The van der Waals surface area contributed by atoms with E-state index in [4.69, 9.17) is 4.74 Å². The largest absolute Gasteiger partial charge is 0.370 e. The zero-order chi connectivity index (χ0) is 14.4. The minimum atomic E-state index is -0.304. The maximum Gasteiger partial charge on any atom is 0.187 e. The number of ether oxygens (including phenoxy) is 1. The molecule has 0 unspecified atom stereocenters. The molecule has 1 fully saturated rings. The van der Waals surface area contributed by atoms with Crippen molar-refractivity contribution in [2.75, 3.05) is 6.61 Å². The molecule has 1 aliphatic rings. The summed E-state index contributed by atoms with van der Waals surface area (Å²) < 4.78 is 5.69. The van der Waals surface area contributed by atoms with Gasteiger partial charge >= 0.3 is 0 Å². The van der Waals surface area contributed by atoms with Crippen LogP contribution in [0.4, 0.5) is 0 Å². The Kier molecular flexibility index (Phi) is 5.31. The van der Waals surface area contributed by atoms with Gasteiger partial charge in [-0.05, 0) is 49.3 Å². The van der Waals surface area contributed by atoms with Crippen molar-refractivity contribution in [3.8, 4) is 0 Å². The number of Topliss-reactive ketones (excluding diaryl/α,β-unsaturated/α-hetero) is 1. The van der Waals surface area contributed by atoms with Crippen molar-refractivity contribution in [2.24, 2.45) is 5.92 Å². The topological polar surface area (TPSA) is 26.3 Å². The van der Waals surface area contributed by atoms with Gasteiger partial charge in [0.15, 0.2) is 5.78 Å². The first-order valence-corrected chi connectivity index (χ1v) is 7.28. The lowest BCUT2D eigenvalue weighted by Gasteiger charge is -2.30. The second-order valence-electron chi connectivity index (χ2n) is 5.14. The van der Waals surface area contributed by atoms with Crippen LogP contribution in [0.2, 0.25) is 0 Å². The zero-order valence-corrected chi connectivity index (χ0v) is 12.0. The fourth-order valence-electron chi connectivity index (χ4n) is 2.75. The van der Waals surface area contributed by atoms with Crippen LogP contribution < -0.4 is 0 Å². The lowest BCUT2D eigenvalue weighted by Crippen LogP contribution is -2.37. The molecule has 2 nitrogen and oxygen atoms in total. The lowest BCUT2D eigenvalue weighted by molar-refractivity contribution is -0.132. The summed E-state index contributed by atoms with van der Waals surface area (Å²) >= 11 is 0. The Morgan fingerprint density at radius 2 is 2.10 bits per heavy atom. The molecule has 0 saturated heterocycles. The number of rotatable bonds is 5. The van der Waals surface area contributed by atoms with Crippen LogP contribution in [-0.2, 0) is 9.53 Å². The lowest BCUT2D eigenvalue weighted by atomic mass is 9.80. The van der Waals surface area contributed by atoms with Gasteiger partial charge in [-0.15, -0.1) is 6.58 Å². The zero-order valence-electron chi connectivity index (χ0n) is 12.0. The molecule has 1 saturated carbocycles. The number of hydrogen-bond donors (Lipinski definition) is 0. The molecule has 106 valence electrons. The van der Waals surface area contributed by atoms with Gasteiger partial charge in [-0.1, -0.05) is 36.4 Å². The third-order valence-electron chi connectivity index (χ3n) is 3.74. The molecule has 20 heavy (non-hydrogen) atoms. The monoisotopic (exact) mass is 270 g/mol. The van der Waals surface area contributed by atoms with Crippen molar-refractivity contribution in [3.05, 3.63) is 54.1 Å². The minimum absolute atomic E-state index is 0.147. The summed E-state index contributed by atoms with van der Waals surface area (Å²) in [5, 5.41) is 0. The van der Waals surface area contributed by atoms with Crippen LogP contribution in [0.3, 0.4) is 0 Å². The Morgan fingerprint density at radius 1 is 1.35 bits per heavy atom. The molecule has 0 aliphatic heterocycles. The van der Waals surface area contributed by atoms with E-state index in [1.54, 1.807) is 0 Å². The standard InChI is InChI=1S/C18H22O2/c1-3-8-15-11-12-16(17(19)18(15)20-4-2)13-14-9-6-5-7-10-14/h3,5-7,9-10,13,15,18H,1,4,8,11-12H2,2H3/b16-13+/t15-,18+/m1/s1. The fourth-order valence-corrected chi connectivity index (χ4v) is 2.75. The Balaban J connectivity index is 2.19. The molecule has 0 radical (unpaired) electrons. The molecule has 1 aromatic carbocycles. The van der Waals surface area contributed by atoms with Crippen LogP contribution in [0.15, 0.2) is 48.6 Å². The van der Waals surface area contributed by atoms with Gasteiger partial charge in [-0.2, -0.15) is 0 Å². The second kappa shape index (κ2) is 7.20. The Morgan fingerprint density at radius 3 is 2.75 bits per heavy atom. The van der Waals surface area contributed by atoms with Crippen LogP contribution in [0.5, 0.6) is 0 Å². The van der Waals surface area contributed by atoms with Gasteiger partial charge in [0.25, 0.3) is 0 Å². The predicted molar refractivity (Wildman–Crippen MR) is 82.4 cm³/mol. The minimum Gasteiger partial charge on any atom is -0.370 e. The van der Waals surface area contributed by atoms with Crippen LogP contribution in [0.1, 0.15) is 31.7 Å². The summed E-state index contributed by atoms with van der Waals surface area (Å²) in [6, 6.07) is 9.99. The van der Waals surface area contributed by atoms with Crippen LogP contribution in [-0.4, -0.2) is 18.5 Å². The predicted octanol–water partition coefficient (Wildman–Crippen LogP) is 4.03. The van der Waals surface area contributed by atoms with Gasteiger partial charge < -0.3 is 4.74 Å². The van der Waals surface area contributed by atoms with E-state index in [0.717, 1.165) is 30.4 Å². The van der Waals surface area contributed by atoms with Crippen LogP contribution in [0, 0.1) is 5.92 Å². The summed E-state index contributed by atoms with van der Waals surface area (Å²) in [5.74, 6) is 0.418. The summed E-state index contributed by atoms with van der Waals surface area (Å²) in [4.78, 5) is 12.6. The van der Waals surface area contributed by atoms with E-state index in [1.807, 2.05) is 49.4 Å². The van der Waals surface area contributed by atoms with E-state index in [2.05, 4.69) is 6.58 Å². The summed E-state index contributed by atoms with van der Waals surface area (Å²) in [6.45, 7) is 6.29. The normalized spacial score (nSPS) is 24.9. The van der Waals surface area contributed by atoms with Crippen LogP contribution >= 0.6 is 0 Å². The Hall–Kier alpha value is -1.67. The molecule has 0 spiro atoms. The van der Waals surface area contributed by atoms with E-state index in [0.29, 0.717) is 6.61 Å². The molecule has 2 atom stereocenters. The van der Waals surface area contributed by atoms with Crippen molar-refractivity contribution < 1.29 is 9.53 Å². The van der Waals surface area contributed by atoms with Crippen molar-refractivity contribution in [1.82, 2.24) is 0 Å². The highest BCUT2D eigenvalue weighted by Crippen LogP contribution is 2.31. The summed E-state index contributed by atoms with van der Waals surface area (Å²) in [5.41, 5.74) is 1.96. The van der Waals surface area contributed by atoms with Gasteiger partial charge in [0.2, 0.25) is 0 Å². The molecule has 0 aromatic heterocycles. The molecule has 0 amide bonds. The number of allylic oxidation sites excluding steroid dienone is 1. The van der Waals surface area contributed by atoms with E-state index >= 15 is 0 Å². The average molecular weight is 270 g/mol. The van der Waals surface area contributed by atoms with Gasteiger partial charge in [0.05, 0.1) is 0 Å². The van der Waals surface area contributed by atoms with Crippen molar-refractivity contribution in [2.45, 2.75) is 32.3 Å². The van der Waals surface area contributed by atoms with Crippen LogP contribution in [0.25, 0.3) is 6.08 Å². The van der Waals surface area contributed by atoms with Gasteiger partial charge in [0, 0.05) is 6.61 Å². The molecular weight excluding hydrogens is 248 g/mol. The number of carbonyl (C=O) groups excluding carboxylic acids is 1. The smallest absolute Gasteiger partial charge is 0.187 e. The molecule has 0 heterocycles. The molecule has 2 heteroatoms. The third-order valence-corrected chi connectivity index (χ3v) is 3.74. The van der Waals surface area contributed by atoms with Gasteiger partial charge in [0.1, 0.15) is 6.10 Å². The third kappa shape index (κ3) is 3.45. The number of benzene rings is 1. The van der Waals surface area contributed by atoms with E-state index in [-0.39, 0.29) is 17.8 Å². The second-order valence-corrected chi connectivity index (χ2v) is 5.14. The SMILES string of the molecule is C=CC[C@@H]1CC/C(=C\c2ccccc2)C(=O)[C@H]1OCC. The molecule has 1 aromatic rings. The first-order chi connectivity index (χ1) is 9.76. The maximum absolute atomic E-state index is 12.6.